The molecule has 122 valence electrons. The van der Waals surface area contributed by atoms with Gasteiger partial charge in [0.05, 0.1) is 10.0 Å². The van der Waals surface area contributed by atoms with Crippen molar-refractivity contribution in [1.29, 1.82) is 0 Å². The highest BCUT2D eigenvalue weighted by atomic mass is 35.5. The van der Waals surface area contributed by atoms with E-state index in [0.29, 0.717) is 16.0 Å². The van der Waals surface area contributed by atoms with Crippen LogP contribution in [-0.2, 0) is 11.3 Å². The summed E-state index contributed by atoms with van der Waals surface area (Å²) in [6.07, 6.45) is 5.90. The lowest BCUT2D eigenvalue weighted by atomic mass is 9.97. The summed E-state index contributed by atoms with van der Waals surface area (Å²) in [6, 6.07) is 5.57. The predicted molar refractivity (Wildman–Crippen MR) is 92.7 cm³/mol. The molecule has 2 aromatic rings. The van der Waals surface area contributed by atoms with Crippen molar-refractivity contribution in [3.63, 3.8) is 0 Å². The molecular formula is C17H19Cl2N3O. The van der Waals surface area contributed by atoms with Crippen LogP contribution in [0.4, 0.5) is 0 Å². The molecule has 2 heterocycles. The number of halogens is 2. The summed E-state index contributed by atoms with van der Waals surface area (Å²) < 4.78 is 2.10. The fourth-order valence-corrected chi connectivity index (χ4v) is 3.54. The maximum absolute atomic E-state index is 11.6. The molecule has 0 unspecified atom stereocenters. The Morgan fingerprint density at radius 3 is 3.00 bits per heavy atom. The molecule has 0 saturated carbocycles. The molecule has 3 rings (SSSR count). The second-order valence-corrected chi connectivity index (χ2v) is 6.76. The number of nitrogens with zero attached hydrogens (tertiary/aromatic N) is 3. The first-order chi connectivity index (χ1) is 11.1. The number of imidazole rings is 1. The third-order valence-corrected chi connectivity index (χ3v) is 5.15. The van der Waals surface area contributed by atoms with E-state index in [-0.39, 0.29) is 5.91 Å². The lowest BCUT2D eigenvalue weighted by Gasteiger charge is -2.32. The summed E-state index contributed by atoms with van der Waals surface area (Å²) in [4.78, 5) is 18.0. The molecule has 0 aliphatic carbocycles. The number of aromatic nitrogens is 2. The summed E-state index contributed by atoms with van der Waals surface area (Å²) in [7, 11) is 0. The van der Waals surface area contributed by atoms with E-state index < -0.39 is 0 Å². The number of carbonyl (C=O) groups excluding carboxylic acids is 1. The van der Waals surface area contributed by atoms with Gasteiger partial charge in [-0.25, -0.2) is 4.98 Å². The van der Waals surface area contributed by atoms with E-state index in [9.17, 15) is 4.79 Å². The Labute approximate surface area is 146 Å². The second-order valence-electron chi connectivity index (χ2n) is 5.98. The Balaban J connectivity index is 1.81. The van der Waals surface area contributed by atoms with Gasteiger partial charge in [-0.1, -0.05) is 29.3 Å². The van der Waals surface area contributed by atoms with Crippen molar-refractivity contribution in [3.8, 4) is 11.4 Å². The maximum atomic E-state index is 11.6. The Morgan fingerprint density at radius 1 is 1.39 bits per heavy atom. The number of hydrogen-bond acceptors (Lipinski definition) is 2. The van der Waals surface area contributed by atoms with Gasteiger partial charge in [0.25, 0.3) is 0 Å². The van der Waals surface area contributed by atoms with Crippen LogP contribution in [0.1, 0.15) is 19.8 Å². The van der Waals surface area contributed by atoms with Crippen LogP contribution in [0.15, 0.2) is 30.6 Å². The number of hydrogen-bond donors (Lipinski definition) is 0. The SMILES string of the molecule is CC(=O)N1CCC[C@@H](Cn2ccnc2-c2cccc(Cl)c2Cl)C1. The topological polar surface area (TPSA) is 38.1 Å². The molecule has 1 atom stereocenters. The fourth-order valence-electron chi connectivity index (χ4n) is 3.16. The van der Waals surface area contributed by atoms with Gasteiger partial charge in [0.1, 0.15) is 5.82 Å². The Morgan fingerprint density at radius 2 is 2.22 bits per heavy atom. The van der Waals surface area contributed by atoms with Crippen LogP contribution >= 0.6 is 23.2 Å². The van der Waals surface area contributed by atoms with Crippen molar-refractivity contribution in [2.45, 2.75) is 26.3 Å². The number of amides is 1. The van der Waals surface area contributed by atoms with Crippen molar-refractivity contribution in [1.82, 2.24) is 14.5 Å². The van der Waals surface area contributed by atoms with Crippen LogP contribution in [0.5, 0.6) is 0 Å². The predicted octanol–water partition coefficient (Wildman–Crippen LogP) is 4.12. The molecule has 0 N–H and O–H groups in total. The highest BCUT2D eigenvalue weighted by molar-refractivity contribution is 6.43. The van der Waals surface area contributed by atoms with E-state index in [0.717, 1.165) is 43.9 Å². The van der Waals surface area contributed by atoms with Crippen LogP contribution in [-0.4, -0.2) is 33.4 Å². The molecule has 1 aromatic carbocycles. The Bertz CT molecular complexity index is 714. The number of likely N-dealkylation sites (tertiary alicyclic amines) is 1. The standard InChI is InChI=1S/C17H19Cl2N3O/c1-12(23)21-8-3-4-13(10-21)11-22-9-7-20-17(22)14-5-2-6-15(18)16(14)19/h2,5-7,9,13H,3-4,8,10-11H2,1H3/t13-/m1/s1. The van der Waals surface area contributed by atoms with Crippen molar-refractivity contribution >= 4 is 29.1 Å². The van der Waals surface area contributed by atoms with E-state index in [4.69, 9.17) is 23.2 Å². The zero-order valence-electron chi connectivity index (χ0n) is 13.0. The largest absolute Gasteiger partial charge is 0.343 e. The third kappa shape index (κ3) is 3.54. The monoisotopic (exact) mass is 351 g/mol. The molecule has 1 aliphatic rings. The van der Waals surface area contributed by atoms with Gasteiger partial charge in [0.2, 0.25) is 5.91 Å². The van der Waals surface area contributed by atoms with Gasteiger partial charge >= 0.3 is 0 Å². The van der Waals surface area contributed by atoms with Gasteiger partial charge in [0, 0.05) is 44.5 Å². The number of carbonyl (C=O) groups is 1. The molecule has 0 radical (unpaired) electrons. The normalized spacial score (nSPS) is 18.2. The number of piperidine rings is 1. The van der Waals surface area contributed by atoms with Crippen LogP contribution in [0, 0.1) is 5.92 Å². The van der Waals surface area contributed by atoms with Gasteiger partial charge in [-0.3, -0.25) is 4.79 Å². The van der Waals surface area contributed by atoms with Gasteiger partial charge in [-0.15, -0.1) is 0 Å². The van der Waals surface area contributed by atoms with Crippen LogP contribution < -0.4 is 0 Å². The highest BCUT2D eigenvalue weighted by Gasteiger charge is 2.23. The third-order valence-electron chi connectivity index (χ3n) is 4.33. The Kier molecular flexibility index (Phi) is 4.93. The second kappa shape index (κ2) is 6.93. The minimum Gasteiger partial charge on any atom is -0.343 e. The molecule has 1 fully saturated rings. The quantitative estimate of drug-likeness (QED) is 0.834. The van der Waals surface area contributed by atoms with E-state index in [2.05, 4.69) is 9.55 Å². The molecule has 4 nitrogen and oxygen atoms in total. The molecule has 0 bridgehead atoms. The maximum Gasteiger partial charge on any atom is 0.219 e. The lowest BCUT2D eigenvalue weighted by molar-refractivity contribution is -0.130. The molecule has 6 heteroatoms. The number of rotatable bonds is 3. The van der Waals surface area contributed by atoms with Crippen molar-refractivity contribution in [2.75, 3.05) is 13.1 Å². The zero-order valence-corrected chi connectivity index (χ0v) is 14.5. The van der Waals surface area contributed by atoms with Crippen LogP contribution in [0.2, 0.25) is 10.0 Å². The zero-order chi connectivity index (χ0) is 16.4. The lowest BCUT2D eigenvalue weighted by Crippen LogP contribution is -2.39. The minimum absolute atomic E-state index is 0.151. The first-order valence-corrected chi connectivity index (χ1v) is 8.53. The average molecular weight is 352 g/mol. The van der Waals surface area contributed by atoms with Crippen molar-refractivity contribution in [2.24, 2.45) is 5.92 Å². The van der Waals surface area contributed by atoms with Gasteiger partial charge < -0.3 is 9.47 Å². The highest BCUT2D eigenvalue weighted by Crippen LogP contribution is 2.33. The number of benzene rings is 1. The average Bonchev–Trinajstić information content (AvgIpc) is 2.98. The van der Waals surface area contributed by atoms with E-state index in [1.54, 1.807) is 19.2 Å². The summed E-state index contributed by atoms with van der Waals surface area (Å²) in [6.45, 7) is 4.12. The van der Waals surface area contributed by atoms with Gasteiger partial charge in [0.15, 0.2) is 0 Å². The summed E-state index contributed by atoms with van der Waals surface area (Å²) in [5.41, 5.74) is 0.836. The van der Waals surface area contributed by atoms with E-state index in [1.165, 1.54) is 0 Å². The molecule has 23 heavy (non-hydrogen) atoms. The molecular weight excluding hydrogens is 333 g/mol. The molecule has 0 spiro atoms. The first kappa shape index (κ1) is 16.3. The van der Waals surface area contributed by atoms with Crippen LogP contribution in [0.25, 0.3) is 11.4 Å². The first-order valence-electron chi connectivity index (χ1n) is 7.77. The summed E-state index contributed by atoms with van der Waals surface area (Å²) >= 11 is 12.4. The van der Waals surface area contributed by atoms with Crippen molar-refractivity contribution in [3.05, 3.63) is 40.6 Å². The molecule has 1 aromatic heterocycles. The van der Waals surface area contributed by atoms with Gasteiger partial charge in [-0.05, 0) is 30.9 Å². The summed E-state index contributed by atoms with van der Waals surface area (Å²) in [5.74, 6) is 1.40. The van der Waals surface area contributed by atoms with E-state index >= 15 is 0 Å². The van der Waals surface area contributed by atoms with Crippen LogP contribution in [0.3, 0.4) is 0 Å². The van der Waals surface area contributed by atoms with E-state index in [1.807, 2.05) is 23.2 Å². The minimum atomic E-state index is 0.151. The molecule has 1 amide bonds. The smallest absolute Gasteiger partial charge is 0.219 e. The molecule has 1 saturated heterocycles. The summed E-state index contributed by atoms with van der Waals surface area (Å²) in [5, 5.41) is 1.05. The molecule has 1 aliphatic heterocycles. The van der Waals surface area contributed by atoms with Crippen molar-refractivity contribution < 1.29 is 4.79 Å². The van der Waals surface area contributed by atoms with Gasteiger partial charge in [-0.2, -0.15) is 0 Å². The Hall–Kier alpha value is -1.52. The fraction of sp³-hybridized carbons (Fsp3) is 0.412.